The first-order valence-electron chi connectivity index (χ1n) is 5.15. The molecule has 0 aliphatic heterocycles. The number of benzene rings is 1. The number of hydrogen-bond acceptors (Lipinski definition) is 4. The summed E-state index contributed by atoms with van der Waals surface area (Å²) in [6.45, 7) is 1.78. The molecule has 0 aliphatic carbocycles. The van der Waals surface area contributed by atoms with Crippen LogP contribution in [0.2, 0.25) is 5.15 Å². The van der Waals surface area contributed by atoms with Gasteiger partial charge < -0.3 is 10.4 Å². The minimum Gasteiger partial charge on any atom is -0.508 e. The van der Waals surface area contributed by atoms with E-state index in [9.17, 15) is 9.90 Å². The summed E-state index contributed by atoms with van der Waals surface area (Å²) < 4.78 is 0. The van der Waals surface area contributed by atoms with Gasteiger partial charge in [0.25, 0.3) is 5.91 Å². The van der Waals surface area contributed by atoms with Crippen molar-refractivity contribution in [2.75, 3.05) is 5.32 Å². The van der Waals surface area contributed by atoms with E-state index in [1.165, 1.54) is 18.5 Å². The second-order valence-corrected chi connectivity index (χ2v) is 4.06. The van der Waals surface area contributed by atoms with Crippen LogP contribution in [0.1, 0.15) is 16.1 Å². The van der Waals surface area contributed by atoms with Crippen LogP contribution in [0.15, 0.2) is 30.6 Å². The van der Waals surface area contributed by atoms with Gasteiger partial charge in [0, 0.05) is 5.69 Å². The van der Waals surface area contributed by atoms with E-state index in [0.717, 1.165) is 5.56 Å². The van der Waals surface area contributed by atoms with Crippen molar-refractivity contribution in [3.8, 4) is 5.75 Å². The molecule has 0 aliphatic rings. The second-order valence-electron chi connectivity index (χ2n) is 3.68. The molecule has 1 aromatic carbocycles. The van der Waals surface area contributed by atoms with Crippen molar-refractivity contribution in [3.63, 3.8) is 0 Å². The molecule has 1 amide bonds. The van der Waals surface area contributed by atoms with Crippen LogP contribution >= 0.6 is 11.6 Å². The molecule has 2 N–H and O–H groups in total. The number of aromatic nitrogens is 2. The van der Waals surface area contributed by atoms with Crippen molar-refractivity contribution in [2.45, 2.75) is 6.92 Å². The van der Waals surface area contributed by atoms with E-state index < -0.39 is 0 Å². The largest absolute Gasteiger partial charge is 0.508 e. The number of phenolic OH excluding ortho intramolecular Hbond substituents is 1. The summed E-state index contributed by atoms with van der Waals surface area (Å²) >= 11 is 5.59. The third-order valence-corrected chi connectivity index (χ3v) is 2.51. The molecule has 0 spiro atoms. The number of rotatable bonds is 2. The lowest BCUT2D eigenvalue weighted by molar-refractivity contribution is 0.102. The SMILES string of the molecule is Cc1cc(O)ccc1NC(=O)c1cnc(Cl)cn1. The van der Waals surface area contributed by atoms with Gasteiger partial charge in [-0.1, -0.05) is 11.6 Å². The quantitative estimate of drug-likeness (QED) is 0.816. The van der Waals surface area contributed by atoms with Crippen LogP contribution in [-0.4, -0.2) is 21.0 Å². The summed E-state index contributed by atoms with van der Waals surface area (Å²) in [6.07, 6.45) is 2.60. The number of nitrogens with one attached hydrogen (secondary N) is 1. The number of carbonyl (C=O) groups is 1. The number of nitrogens with zero attached hydrogens (tertiary/aromatic N) is 2. The fraction of sp³-hybridized carbons (Fsp3) is 0.0833. The van der Waals surface area contributed by atoms with Crippen molar-refractivity contribution in [2.24, 2.45) is 0 Å². The van der Waals surface area contributed by atoms with Crippen LogP contribution in [0.25, 0.3) is 0 Å². The Kier molecular flexibility index (Phi) is 3.43. The first-order valence-corrected chi connectivity index (χ1v) is 5.52. The highest BCUT2D eigenvalue weighted by molar-refractivity contribution is 6.29. The molecule has 0 saturated carbocycles. The average Bonchev–Trinajstić information content (AvgIpc) is 2.33. The van der Waals surface area contributed by atoms with Gasteiger partial charge in [-0.15, -0.1) is 0 Å². The Balaban J connectivity index is 2.18. The standard InChI is InChI=1S/C12H10ClN3O2/c1-7-4-8(17)2-3-9(7)16-12(18)10-5-15-11(13)6-14-10/h2-6,17H,1H3,(H,16,18). The Morgan fingerprint density at radius 1 is 1.33 bits per heavy atom. The van der Waals surface area contributed by atoms with E-state index in [0.29, 0.717) is 5.69 Å². The maximum absolute atomic E-state index is 11.8. The van der Waals surface area contributed by atoms with Crippen molar-refractivity contribution >= 4 is 23.2 Å². The molecule has 18 heavy (non-hydrogen) atoms. The highest BCUT2D eigenvalue weighted by Gasteiger charge is 2.09. The Morgan fingerprint density at radius 2 is 2.11 bits per heavy atom. The van der Waals surface area contributed by atoms with Gasteiger partial charge in [-0.25, -0.2) is 9.97 Å². The van der Waals surface area contributed by atoms with Crippen molar-refractivity contribution < 1.29 is 9.90 Å². The summed E-state index contributed by atoms with van der Waals surface area (Å²) in [5, 5.41) is 12.2. The zero-order chi connectivity index (χ0) is 13.1. The number of halogens is 1. The summed E-state index contributed by atoms with van der Waals surface area (Å²) in [5.74, 6) is -0.232. The molecule has 0 saturated heterocycles. The zero-order valence-corrected chi connectivity index (χ0v) is 10.3. The van der Waals surface area contributed by atoms with Gasteiger partial charge in [0.15, 0.2) is 0 Å². The molecular formula is C12H10ClN3O2. The Bertz CT molecular complexity index is 584. The van der Waals surface area contributed by atoms with Gasteiger partial charge in [0.05, 0.1) is 12.4 Å². The third kappa shape index (κ3) is 2.75. The lowest BCUT2D eigenvalue weighted by Crippen LogP contribution is -2.14. The molecule has 2 rings (SSSR count). The second kappa shape index (κ2) is 5.01. The van der Waals surface area contributed by atoms with Gasteiger partial charge in [0.2, 0.25) is 0 Å². The normalized spacial score (nSPS) is 10.1. The number of phenols is 1. The predicted molar refractivity (Wildman–Crippen MR) is 67.8 cm³/mol. The first-order chi connectivity index (χ1) is 8.56. The minimum absolute atomic E-state index is 0.150. The Morgan fingerprint density at radius 3 is 2.72 bits per heavy atom. The first kappa shape index (κ1) is 12.3. The average molecular weight is 264 g/mol. The number of aromatic hydroxyl groups is 1. The molecule has 0 unspecified atom stereocenters. The van der Waals surface area contributed by atoms with Crippen LogP contribution in [0, 0.1) is 6.92 Å². The third-order valence-electron chi connectivity index (χ3n) is 2.31. The van der Waals surface area contributed by atoms with Crippen LogP contribution in [0.3, 0.4) is 0 Å². The number of carbonyl (C=O) groups excluding carboxylic acids is 1. The number of aryl methyl sites for hydroxylation is 1. The van der Waals surface area contributed by atoms with E-state index in [1.807, 2.05) is 0 Å². The van der Waals surface area contributed by atoms with Crippen molar-refractivity contribution in [1.29, 1.82) is 0 Å². The lowest BCUT2D eigenvalue weighted by atomic mass is 10.2. The van der Waals surface area contributed by atoms with Gasteiger partial charge in [-0.05, 0) is 30.7 Å². The number of anilines is 1. The van der Waals surface area contributed by atoms with Crippen LogP contribution in [0.5, 0.6) is 5.75 Å². The molecule has 0 radical (unpaired) electrons. The number of amides is 1. The van der Waals surface area contributed by atoms with Gasteiger partial charge in [-0.2, -0.15) is 0 Å². The molecule has 0 atom stereocenters. The van der Waals surface area contributed by atoms with E-state index in [4.69, 9.17) is 11.6 Å². The zero-order valence-electron chi connectivity index (χ0n) is 9.51. The molecule has 6 heteroatoms. The van der Waals surface area contributed by atoms with Gasteiger partial charge in [0.1, 0.15) is 16.6 Å². The van der Waals surface area contributed by atoms with Crippen LogP contribution in [-0.2, 0) is 0 Å². The summed E-state index contributed by atoms with van der Waals surface area (Å²) in [5.41, 5.74) is 1.53. The van der Waals surface area contributed by atoms with Gasteiger partial charge in [-0.3, -0.25) is 4.79 Å². The smallest absolute Gasteiger partial charge is 0.275 e. The fourth-order valence-corrected chi connectivity index (χ4v) is 1.50. The van der Waals surface area contributed by atoms with E-state index >= 15 is 0 Å². The van der Waals surface area contributed by atoms with E-state index in [2.05, 4.69) is 15.3 Å². The molecule has 2 aromatic rings. The summed E-state index contributed by atoms with van der Waals surface area (Å²) in [4.78, 5) is 19.5. The van der Waals surface area contributed by atoms with Crippen molar-refractivity contribution in [3.05, 3.63) is 47.0 Å². The maximum Gasteiger partial charge on any atom is 0.275 e. The predicted octanol–water partition coefficient (Wildman–Crippen LogP) is 2.40. The molecular weight excluding hydrogens is 254 g/mol. The van der Waals surface area contributed by atoms with E-state index in [-0.39, 0.29) is 22.5 Å². The Hall–Kier alpha value is -2.14. The fourth-order valence-electron chi connectivity index (χ4n) is 1.40. The van der Waals surface area contributed by atoms with Crippen LogP contribution in [0.4, 0.5) is 5.69 Å². The molecule has 0 bridgehead atoms. The molecule has 0 fully saturated rings. The topological polar surface area (TPSA) is 75.1 Å². The maximum atomic E-state index is 11.8. The highest BCUT2D eigenvalue weighted by atomic mass is 35.5. The minimum atomic E-state index is -0.382. The summed E-state index contributed by atoms with van der Waals surface area (Å²) in [6, 6.07) is 4.67. The molecule has 1 aromatic heterocycles. The molecule has 5 nitrogen and oxygen atoms in total. The van der Waals surface area contributed by atoms with E-state index in [1.54, 1.807) is 19.1 Å². The van der Waals surface area contributed by atoms with Crippen molar-refractivity contribution in [1.82, 2.24) is 9.97 Å². The van der Waals surface area contributed by atoms with Crippen LogP contribution < -0.4 is 5.32 Å². The highest BCUT2D eigenvalue weighted by Crippen LogP contribution is 2.20. The molecule has 1 heterocycles. The number of hydrogen-bond donors (Lipinski definition) is 2. The molecule has 92 valence electrons. The monoisotopic (exact) mass is 263 g/mol. The van der Waals surface area contributed by atoms with Gasteiger partial charge >= 0.3 is 0 Å². The lowest BCUT2D eigenvalue weighted by Gasteiger charge is -2.07. The Labute approximate surface area is 108 Å². The summed E-state index contributed by atoms with van der Waals surface area (Å²) in [7, 11) is 0.